The molecule has 1 amide bonds. The zero-order valence-corrected chi connectivity index (χ0v) is 17.1. The highest BCUT2D eigenvalue weighted by atomic mass is 35.6. The molecule has 0 unspecified atom stereocenters. The number of thiocarbonyl (C=S) groups is 1. The van der Waals surface area contributed by atoms with Crippen molar-refractivity contribution >= 4 is 69.7 Å². The van der Waals surface area contributed by atoms with Gasteiger partial charge in [0.15, 0.2) is 5.11 Å². The number of anilines is 1. The van der Waals surface area contributed by atoms with Crippen molar-refractivity contribution in [3.63, 3.8) is 0 Å². The highest BCUT2D eigenvalue weighted by Crippen LogP contribution is 2.29. The maximum Gasteiger partial charge on any atom is 0.228 e. The molecule has 0 aliphatic rings. The Balaban J connectivity index is 2.75. The molecule has 0 aliphatic heterocycles. The monoisotopic (exact) mass is 438 g/mol. The Kier molecular flexibility index (Phi) is 9.43. The van der Waals surface area contributed by atoms with Crippen molar-refractivity contribution in [3.8, 4) is 0 Å². The van der Waals surface area contributed by atoms with Crippen LogP contribution < -0.4 is 21.1 Å². The van der Waals surface area contributed by atoms with Crippen LogP contribution in [0.15, 0.2) is 24.3 Å². The Bertz CT molecular complexity index is 653. The molecule has 0 bridgehead atoms. The molecule has 1 atom stereocenters. The Morgan fingerprint density at radius 3 is 2.42 bits per heavy atom. The molecule has 144 valence electrons. The third-order valence-corrected chi connectivity index (χ3v) is 4.19. The fraction of sp³-hybridized carbons (Fsp3) is 0.438. The maximum absolute atomic E-state index is 12.0. The lowest BCUT2D eigenvalue weighted by Gasteiger charge is -2.28. The number of aromatic carboxylic acids is 1. The average molecular weight is 440 g/mol. The smallest absolute Gasteiger partial charge is 0.228 e. The molecule has 0 spiro atoms. The van der Waals surface area contributed by atoms with E-state index in [1.807, 2.05) is 6.92 Å². The quantitative estimate of drug-likeness (QED) is 0.250. The Morgan fingerprint density at radius 2 is 1.85 bits per heavy atom. The van der Waals surface area contributed by atoms with Crippen LogP contribution in [0.4, 0.5) is 5.69 Å². The van der Waals surface area contributed by atoms with Gasteiger partial charge in [0.25, 0.3) is 0 Å². The van der Waals surface area contributed by atoms with Crippen LogP contribution in [-0.2, 0) is 4.79 Å². The van der Waals surface area contributed by atoms with Crippen LogP contribution in [0.3, 0.4) is 0 Å². The molecule has 6 nitrogen and oxygen atoms in total. The molecular formula is C16H19Cl3N3O3S-. The minimum atomic E-state index is -1.87. The number of nitrogens with one attached hydrogen (secondary N) is 3. The van der Waals surface area contributed by atoms with Gasteiger partial charge in [-0.3, -0.25) is 4.79 Å². The summed E-state index contributed by atoms with van der Waals surface area (Å²) in [5.41, 5.74) is 0.132. The molecule has 0 saturated heterocycles. The minimum Gasteiger partial charge on any atom is -0.545 e. The van der Waals surface area contributed by atoms with Crippen molar-refractivity contribution in [3.05, 3.63) is 29.8 Å². The van der Waals surface area contributed by atoms with Gasteiger partial charge in [-0.1, -0.05) is 72.8 Å². The van der Waals surface area contributed by atoms with Gasteiger partial charge in [-0.15, -0.1) is 0 Å². The Morgan fingerprint density at radius 1 is 1.19 bits per heavy atom. The third-order valence-electron chi connectivity index (χ3n) is 3.31. The summed E-state index contributed by atoms with van der Waals surface area (Å²) in [6.07, 6.45) is 1.80. The number of unbranched alkanes of at least 4 members (excludes halogenated alkanes) is 2. The second-order valence-electron chi connectivity index (χ2n) is 5.43. The largest absolute Gasteiger partial charge is 0.545 e. The summed E-state index contributed by atoms with van der Waals surface area (Å²) in [6, 6.07) is 6.04. The number of carboxylic acid groups (broad SMARTS) is 1. The Labute approximate surface area is 172 Å². The van der Waals surface area contributed by atoms with Gasteiger partial charge in [0.05, 0.1) is 5.97 Å². The molecule has 1 aromatic carbocycles. The third kappa shape index (κ3) is 7.95. The summed E-state index contributed by atoms with van der Waals surface area (Å²) in [4.78, 5) is 23.1. The fourth-order valence-corrected chi connectivity index (χ4v) is 2.58. The van der Waals surface area contributed by atoms with Crippen molar-refractivity contribution in [1.29, 1.82) is 0 Å². The van der Waals surface area contributed by atoms with E-state index in [2.05, 4.69) is 16.0 Å². The Hall–Kier alpha value is -1.28. The van der Waals surface area contributed by atoms with E-state index in [1.165, 1.54) is 12.1 Å². The fourth-order valence-electron chi connectivity index (χ4n) is 2.03. The van der Waals surface area contributed by atoms with Crippen LogP contribution in [0.2, 0.25) is 0 Å². The van der Waals surface area contributed by atoms with Gasteiger partial charge in [0, 0.05) is 17.7 Å². The predicted octanol–water partition coefficient (Wildman–Crippen LogP) is 2.73. The van der Waals surface area contributed by atoms with Crippen molar-refractivity contribution in [2.75, 3.05) is 5.32 Å². The number of amides is 1. The van der Waals surface area contributed by atoms with E-state index < -0.39 is 15.9 Å². The highest BCUT2D eigenvalue weighted by molar-refractivity contribution is 7.80. The molecule has 1 aromatic rings. The van der Waals surface area contributed by atoms with Crippen LogP contribution in [0.25, 0.3) is 0 Å². The van der Waals surface area contributed by atoms with Crippen LogP contribution in [0, 0.1) is 0 Å². The molecular weight excluding hydrogens is 421 g/mol. The molecule has 10 heteroatoms. The number of rotatable bonds is 8. The first kappa shape index (κ1) is 22.8. The van der Waals surface area contributed by atoms with E-state index in [4.69, 9.17) is 47.0 Å². The topological polar surface area (TPSA) is 93.3 Å². The van der Waals surface area contributed by atoms with E-state index in [-0.39, 0.29) is 22.3 Å². The number of benzene rings is 1. The van der Waals surface area contributed by atoms with Crippen molar-refractivity contribution in [1.82, 2.24) is 10.6 Å². The standard InChI is InChI=1S/C16H20Cl3N3O3S/c1-2-3-4-9-12(23)21-14(16(17,18)19)22-15(26)20-11-8-6-5-7-10(11)13(24)25/h5-8,14H,2-4,9H2,1H3,(H,21,23)(H,24,25)(H2,20,22,26)/p-1/t14-/m1/s1. The van der Waals surface area contributed by atoms with E-state index in [0.29, 0.717) is 6.42 Å². The van der Waals surface area contributed by atoms with E-state index >= 15 is 0 Å². The summed E-state index contributed by atoms with van der Waals surface area (Å²) in [7, 11) is 0. The van der Waals surface area contributed by atoms with Crippen molar-refractivity contribution < 1.29 is 14.7 Å². The van der Waals surface area contributed by atoms with Crippen LogP contribution in [0.5, 0.6) is 0 Å². The van der Waals surface area contributed by atoms with Gasteiger partial charge in [-0.05, 0) is 24.7 Å². The van der Waals surface area contributed by atoms with Crippen LogP contribution >= 0.6 is 47.0 Å². The van der Waals surface area contributed by atoms with Gasteiger partial charge in [-0.2, -0.15) is 0 Å². The average Bonchev–Trinajstić information content (AvgIpc) is 2.54. The minimum absolute atomic E-state index is 0.0242. The van der Waals surface area contributed by atoms with Gasteiger partial charge in [0.2, 0.25) is 9.70 Å². The molecule has 26 heavy (non-hydrogen) atoms. The SMILES string of the molecule is CCCCCC(=O)N[C@H](NC(=S)Nc1ccccc1C(=O)[O-])C(Cl)(Cl)Cl. The predicted molar refractivity (Wildman–Crippen MR) is 106 cm³/mol. The van der Waals surface area contributed by atoms with Gasteiger partial charge >= 0.3 is 0 Å². The van der Waals surface area contributed by atoms with E-state index in [0.717, 1.165) is 19.3 Å². The zero-order valence-electron chi connectivity index (χ0n) is 14.0. The first-order valence-electron chi connectivity index (χ1n) is 7.89. The number of carbonyl (C=O) groups excluding carboxylic acids is 2. The lowest BCUT2D eigenvalue weighted by atomic mass is 10.2. The molecule has 3 N–H and O–H groups in total. The summed E-state index contributed by atoms with van der Waals surface area (Å²) < 4.78 is -1.87. The lowest BCUT2D eigenvalue weighted by molar-refractivity contribution is -0.254. The molecule has 0 radical (unpaired) electrons. The van der Waals surface area contributed by atoms with Crippen LogP contribution in [-0.4, -0.2) is 26.9 Å². The first-order valence-corrected chi connectivity index (χ1v) is 9.43. The number of carboxylic acids is 1. The first-order chi connectivity index (χ1) is 12.1. The number of carbonyl (C=O) groups is 2. The van der Waals surface area contributed by atoms with Gasteiger partial charge in [0.1, 0.15) is 6.17 Å². The van der Waals surface area contributed by atoms with Gasteiger partial charge in [-0.25, -0.2) is 0 Å². The summed E-state index contributed by atoms with van der Waals surface area (Å²) in [6.45, 7) is 2.03. The van der Waals surface area contributed by atoms with Gasteiger partial charge < -0.3 is 25.9 Å². The number of alkyl halides is 3. The summed E-state index contributed by atoms with van der Waals surface area (Å²) >= 11 is 22.8. The van der Waals surface area contributed by atoms with Crippen LogP contribution in [0.1, 0.15) is 43.0 Å². The number of hydrogen-bond acceptors (Lipinski definition) is 4. The zero-order chi connectivity index (χ0) is 19.7. The number of hydrogen-bond donors (Lipinski definition) is 3. The molecule has 0 aliphatic carbocycles. The van der Waals surface area contributed by atoms with E-state index in [9.17, 15) is 14.7 Å². The number of para-hydroxylation sites is 1. The molecule has 1 rings (SSSR count). The summed E-state index contributed by atoms with van der Waals surface area (Å²) in [5, 5.41) is 19.0. The second-order valence-corrected chi connectivity index (χ2v) is 8.21. The molecule has 0 aromatic heterocycles. The maximum atomic E-state index is 12.0. The number of halogens is 3. The van der Waals surface area contributed by atoms with Crippen molar-refractivity contribution in [2.24, 2.45) is 0 Å². The lowest BCUT2D eigenvalue weighted by Crippen LogP contribution is -2.56. The molecule has 0 saturated carbocycles. The molecule has 0 heterocycles. The van der Waals surface area contributed by atoms with E-state index in [1.54, 1.807) is 12.1 Å². The normalized spacial score (nSPS) is 12.2. The summed E-state index contributed by atoms with van der Waals surface area (Å²) in [5.74, 6) is -1.65. The molecule has 0 fully saturated rings. The van der Waals surface area contributed by atoms with Crippen molar-refractivity contribution in [2.45, 2.75) is 42.6 Å². The second kappa shape index (κ2) is 10.8. The highest BCUT2D eigenvalue weighted by Gasteiger charge is 2.34.